The second-order valence-corrected chi connectivity index (χ2v) is 0.577. The van der Waals surface area contributed by atoms with Crippen molar-refractivity contribution in [2.45, 2.75) is 13.8 Å². The minimum atomic E-state index is 0. The van der Waals surface area contributed by atoms with Gasteiger partial charge in [0.15, 0.2) is 0 Å². The summed E-state index contributed by atoms with van der Waals surface area (Å²) in [5.74, 6) is 0. The Kier molecular flexibility index (Phi) is 442. The Morgan fingerprint density at radius 1 is 0.667 bits per heavy atom. The van der Waals surface area contributed by atoms with E-state index in [1.165, 1.54) is 0 Å². The molecule has 0 heterocycles. The summed E-state index contributed by atoms with van der Waals surface area (Å²) in [6.45, 7) is 3.14. The summed E-state index contributed by atoms with van der Waals surface area (Å²) in [6, 6.07) is 0. The molecule has 0 rings (SSSR count). The van der Waals surface area contributed by atoms with Crippen molar-refractivity contribution in [1.29, 1.82) is 0 Å². The first-order valence-electron chi connectivity index (χ1n) is 2.81. The van der Waals surface area contributed by atoms with Crippen molar-refractivity contribution >= 4 is 46.1 Å². The zero-order chi connectivity index (χ0) is 9.41. The topological polar surface area (TPSA) is 92.2 Å². The van der Waals surface area contributed by atoms with Crippen LogP contribution in [0.2, 0.25) is 0 Å². The zero-order valence-corrected chi connectivity index (χ0v) is 11.3. The van der Waals surface area contributed by atoms with Crippen LogP contribution in [0.3, 0.4) is 0 Å². The second-order valence-electron chi connectivity index (χ2n) is 0.577. The monoisotopic (exact) mass is 200 g/mol. The largest absolute Gasteiger partial charge is 2.00 e. The fraction of sp³-hybridized carbons (Fsp3) is 1.00. The van der Waals surface area contributed by atoms with Crippen LogP contribution in [0.1, 0.15) is 13.8 Å². The van der Waals surface area contributed by atoms with Gasteiger partial charge in [0, 0.05) is 0 Å². The average Bonchev–Trinajstić information content (AvgIpc) is 1.99. The van der Waals surface area contributed by atoms with Crippen LogP contribution in [0.4, 0.5) is 0 Å². The van der Waals surface area contributed by atoms with E-state index in [-0.39, 0.29) is 59.3 Å². The molecule has 0 radical (unpaired) electrons. The minimum Gasteiger partial charge on any atom is -0.857 e. The molecule has 0 aliphatic carbocycles. The minimum absolute atomic E-state index is 0. The Labute approximate surface area is 107 Å². The average molecular weight is 201 g/mol. The molecule has 68 valence electrons. The summed E-state index contributed by atoms with van der Waals surface area (Å²) >= 11 is 0. The maximum absolute atomic E-state index is 8.93. The normalized spacial score (nSPS) is 4.00. The number of hydrogen-bond donors (Lipinski definition) is 0. The molecule has 0 aromatic heterocycles. The Morgan fingerprint density at radius 2 is 0.667 bits per heavy atom. The molecule has 0 aromatic carbocycles. The van der Waals surface area contributed by atoms with Crippen LogP contribution in [0.25, 0.3) is 0 Å². The summed E-state index contributed by atoms with van der Waals surface area (Å²) in [5, 5.41) is 34.4. The second kappa shape index (κ2) is 141. The molecule has 4 nitrogen and oxygen atoms in total. The van der Waals surface area contributed by atoms with Gasteiger partial charge < -0.3 is 20.4 Å². The molecule has 0 saturated heterocycles. The molecule has 0 N–H and O–H groups in total. The molecule has 0 fully saturated rings. The fourth-order valence-corrected chi connectivity index (χ4v) is 0. The maximum atomic E-state index is 8.93. The van der Waals surface area contributed by atoms with E-state index in [1.807, 2.05) is 0 Å². The van der Waals surface area contributed by atoms with Crippen LogP contribution in [0.15, 0.2) is 0 Å². The molecule has 6 heteroatoms. The van der Waals surface area contributed by atoms with Gasteiger partial charge >= 0.3 is 46.1 Å². The molecule has 0 atom stereocenters. The van der Waals surface area contributed by atoms with Crippen molar-refractivity contribution in [3.05, 3.63) is 0 Å². The Hall–Kier alpha value is 1.37. The third-order valence-electron chi connectivity index (χ3n) is 0. The molecule has 0 aliphatic rings. The van der Waals surface area contributed by atoms with Gasteiger partial charge in [-0.25, -0.2) is 0 Å². The summed E-state index contributed by atoms with van der Waals surface area (Å²) in [5.41, 5.74) is 0. The van der Waals surface area contributed by atoms with Crippen LogP contribution >= 0.6 is 0 Å². The molecule has 0 spiro atoms. The Balaban J connectivity index is -0.00000000967. The van der Waals surface area contributed by atoms with E-state index in [9.17, 15) is 0 Å². The fourth-order valence-electron chi connectivity index (χ4n) is 0. The Morgan fingerprint density at radius 3 is 0.667 bits per heavy atom. The molecule has 12 heavy (non-hydrogen) atoms. The van der Waals surface area contributed by atoms with Gasteiger partial charge in [-0.1, -0.05) is 13.8 Å². The van der Waals surface area contributed by atoms with Crippen LogP contribution in [0, 0.1) is 0 Å². The smallest absolute Gasteiger partial charge is 0.857 e. The molecule has 0 aromatic rings. The van der Waals surface area contributed by atoms with Crippen LogP contribution in [-0.2, 0) is 0 Å². The summed E-state index contributed by atoms with van der Waals surface area (Å²) in [4.78, 5) is 0. The number of rotatable bonds is 0. The van der Waals surface area contributed by atoms with Crippen LogP contribution in [0.5, 0.6) is 0 Å². The molecular formula is C6H16Mg2O4. The molecule has 0 aliphatic heterocycles. The first-order valence-corrected chi connectivity index (χ1v) is 2.81. The Bertz CT molecular complexity index is 19.5. The van der Waals surface area contributed by atoms with E-state index in [0.717, 1.165) is 14.2 Å². The SMILES string of the molecule is CC[O-].CC[O-].C[O-].C[O-].[Mg+2].[Mg+2]. The van der Waals surface area contributed by atoms with Gasteiger partial charge in [-0.3, -0.25) is 0 Å². The zero-order valence-electron chi connectivity index (χ0n) is 8.46. The number of hydrogen-bond acceptors (Lipinski definition) is 4. The van der Waals surface area contributed by atoms with Crippen molar-refractivity contribution in [3.63, 3.8) is 0 Å². The maximum Gasteiger partial charge on any atom is 2.00 e. The van der Waals surface area contributed by atoms with Gasteiger partial charge in [0.2, 0.25) is 0 Å². The van der Waals surface area contributed by atoms with Gasteiger partial charge in [-0.2, -0.15) is 14.2 Å². The van der Waals surface area contributed by atoms with Crippen molar-refractivity contribution in [3.8, 4) is 0 Å². The van der Waals surface area contributed by atoms with E-state index in [2.05, 4.69) is 0 Å². The van der Waals surface area contributed by atoms with E-state index < -0.39 is 0 Å². The van der Waals surface area contributed by atoms with E-state index in [1.54, 1.807) is 13.8 Å². The molecule has 0 saturated carbocycles. The summed E-state index contributed by atoms with van der Waals surface area (Å²) in [6.07, 6.45) is 0. The standard InChI is InChI=1S/2C2H5O.2CH3O.2Mg/c2*1-2-3;2*1-2;;/h2*2H2,1H3;2*1H3;;/q4*-1;2*+2. The van der Waals surface area contributed by atoms with Crippen molar-refractivity contribution in [2.24, 2.45) is 0 Å². The van der Waals surface area contributed by atoms with E-state index >= 15 is 0 Å². The predicted molar refractivity (Wildman–Crippen MR) is 44.4 cm³/mol. The van der Waals surface area contributed by atoms with Gasteiger partial charge in [-0.05, 0) is 0 Å². The molecular weight excluding hydrogens is 185 g/mol. The van der Waals surface area contributed by atoms with Crippen molar-refractivity contribution in [2.75, 3.05) is 27.4 Å². The summed E-state index contributed by atoms with van der Waals surface area (Å²) in [7, 11) is 1.50. The third kappa shape index (κ3) is 650. The van der Waals surface area contributed by atoms with Crippen LogP contribution < -0.4 is 20.4 Å². The molecule has 0 unspecified atom stereocenters. The molecule has 0 amide bonds. The quantitative estimate of drug-likeness (QED) is 0.372. The van der Waals surface area contributed by atoms with Crippen LogP contribution in [-0.4, -0.2) is 73.5 Å². The van der Waals surface area contributed by atoms with Gasteiger partial charge in [-0.15, -0.1) is 13.2 Å². The van der Waals surface area contributed by atoms with Gasteiger partial charge in [0.1, 0.15) is 0 Å². The first kappa shape index (κ1) is 37.7. The third-order valence-corrected chi connectivity index (χ3v) is 0. The molecule has 0 bridgehead atoms. The van der Waals surface area contributed by atoms with Crippen molar-refractivity contribution < 1.29 is 20.4 Å². The van der Waals surface area contributed by atoms with Gasteiger partial charge in [0.05, 0.1) is 0 Å². The predicted octanol–water partition coefficient (Wildman–Crippen LogP) is -4.08. The van der Waals surface area contributed by atoms with Gasteiger partial charge in [0.25, 0.3) is 0 Å². The summed E-state index contributed by atoms with van der Waals surface area (Å²) < 4.78 is 0. The first-order chi connectivity index (χ1) is 4.83. The van der Waals surface area contributed by atoms with E-state index in [4.69, 9.17) is 20.4 Å². The van der Waals surface area contributed by atoms with E-state index in [0.29, 0.717) is 0 Å². The van der Waals surface area contributed by atoms with Crippen molar-refractivity contribution in [1.82, 2.24) is 0 Å².